The minimum absolute atomic E-state index is 0.205. The fourth-order valence-corrected chi connectivity index (χ4v) is 3.11. The second kappa shape index (κ2) is 6.76. The lowest BCUT2D eigenvalue weighted by Gasteiger charge is -2.34. The van der Waals surface area contributed by atoms with Crippen molar-refractivity contribution in [2.45, 2.75) is 12.2 Å². The molecule has 2 aliphatic heterocycles. The number of hydrogen-bond donors (Lipinski definition) is 0. The van der Waals surface area contributed by atoms with Gasteiger partial charge in [0.25, 0.3) is 0 Å². The summed E-state index contributed by atoms with van der Waals surface area (Å²) in [7, 11) is 3.10. The molecule has 7 nitrogen and oxygen atoms in total. The lowest BCUT2D eigenvalue weighted by molar-refractivity contribution is -0.0241. The zero-order valence-corrected chi connectivity index (χ0v) is 14.4. The molecule has 0 saturated carbocycles. The second-order valence-corrected chi connectivity index (χ2v) is 5.92. The maximum atomic E-state index is 11.2. The third-order valence-corrected chi connectivity index (χ3v) is 4.35. The van der Waals surface area contributed by atoms with Gasteiger partial charge in [-0.2, -0.15) is 0 Å². The Labute approximate surface area is 150 Å². The van der Waals surface area contributed by atoms with Crippen molar-refractivity contribution in [1.29, 1.82) is 0 Å². The van der Waals surface area contributed by atoms with E-state index in [0.29, 0.717) is 40.9 Å². The van der Waals surface area contributed by atoms with E-state index in [1.807, 2.05) is 18.2 Å². The summed E-state index contributed by atoms with van der Waals surface area (Å²) in [5.74, 6) is 2.78. The molecule has 2 heterocycles. The van der Waals surface area contributed by atoms with Crippen molar-refractivity contribution in [3.63, 3.8) is 0 Å². The predicted molar refractivity (Wildman–Crippen MR) is 90.6 cm³/mol. The zero-order chi connectivity index (χ0) is 18.1. The molecule has 0 bridgehead atoms. The molecular weight excluding hydrogens is 340 g/mol. The van der Waals surface area contributed by atoms with Gasteiger partial charge in [-0.15, -0.1) is 0 Å². The van der Waals surface area contributed by atoms with Crippen LogP contribution in [0.3, 0.4) is 0 Å². The van der Waals surface area contributed by atoms with Crippen LogP contribution < -0.4 is 23.7 Å². The summed E-state index contributed by atoms with van der Waals surface area (Å²) in [4.78, 5) is 11.2. The summed E-state index contributed by atoms with van der Waals surface area (Å²) in [6.45, 7) is 0.526. The third kappa shape index (κ3) is 2.80. The van der Waals surface area contributed by atoms with Crippen LogP contribution in [0, 0.1) is 0 Å². The average Bonchev–Trinajstić information content (AvgIpc) is 3.14. The maximum Gasteiger partial charge on any atom is 0.231 e. The molecule has 0 aliphatic carbocycles. The molecule has 7 heteroatoms. The molecule has 4 rings (SSSR count). The largest absolute Gasteiger partial charge is 0.496 e. The van der Waals surface area contributed by atoms with Gasteiger partial charge in [0.05, 0.1) is 19.3 Å². The molecule has 0 radical (unpaired) electrons. The molecule has 26 heavy (non-hydrogen) atoms. The molecule has 2 aromatic rings. The van der Waals surface area contributed by atoms with Crippen LogP contribution in [0.5, 0.6) is 28.7 Å². The van der Waals surface area contributed by atoms with E-state index >= 15 is 0 Å². The molecule has 0 fully saturated rings. The number of methoxy groups -OCH3 is 2. The van der Waals surface area contributed by atoms with Crippen LogP contribution in [0.15, 0.2) is 30.3 Å². The van der Waals surface area contributed by atoms with E-state index in [4.69, 9.17) is 28.4 Å². The number of fused-ring (bicyclic) bond motifs is 2. The molecule has 2 aliphatic rings. The first-order valence-corrected chi connectivity index (χ1v) is 8.12. The lowest BCUT2D eigenvalue weighted by atomic mass is 10.0. The minimum atomic E-state index is -0.413. The molecule has 0 amide bonds. The highest BCUT2D eigenvalue weighted by atomic mass is 16.7. The van der Waals surface area contributed by atoms with Gasteiger partial charge in [-0.05, 0) is 18.2 Å². The van der Waals surface area contributed by atoms with Gasteiger partial charge in [-0.1, -0.05) is 6.07 Å². The number of ether oxygens (including phenoxy) is 6. The van der Waals surface area contributed by atoms with Gasteiger partial charge >= 0.3 is 0 Å². The first-order chi connectivity index (χ1) is 12.7. The van der Waals surface area contributed by atoms with E-state index in [-0.39, 0.29) is 12.9 Å². The minimum Gasteiger partial charge on any atom is -0.496 e. The SMILES string of the molecule is COC[C@@H]1Oc2cc(C=O)c(OC)cc2O[C@H]1c1ccc2c(c1)OCO2. The molecular formula is C19H18O7. The van der Waals surface area contributed by atoms with Crippen molar-refractivity contribution in [3.05, 3.63) is 41.5 Å². The van der Waals surface area contributed by atoms with Gasteiger partial charge in [0.15, 0.2) is 41.5 Å². The van der Waals surface area contributed by atoms with Crippen molar-refractivity contribution in [2.24, 2.45) is 0 Å². The zero-order valence-electron chi connectivity index (χ0n) is 14.4. The van der Waals surface area contributed by atoms with Crippen molar-refractivity contribution in [1.82, 2.24) is 0 Å². The first-order valence-electron chi connectivity index (χ1n) is 8.12. The van der Waals surface area contributed by atoms with E-state index in [1.165, 1.54) is 7.11 Å². The predicted octanol–water partition coefficient (Wildman–Crippen LogP) is 2.76. The molecule has 0 aromatic heterocycles. The van der Waals surface area contributed by atoms with Crippen LogP contribution >= 0.6 is 0 Å². The molecule has 0 N–H and O–H groups in total. The van der Waals surface area contributed by atoms with Crippen LogP contribution in [0.2, 0.25) is 0 Å². The number of rotatable bonds is 5. The van der Waals surface area contributed by atoms with Crippen molar-refractivity contribution in [2.75, 3.05) is 27.6 Å². The van der Waals surface area contributed by atoms with Gasteiger partial charge in [0.1, 0.15) is 5.75 Å². The molecule has 0 spiro atoms. The summed E-state index contributed by atoms with van der Waals surface area (Å²) < 4.78 is 33.6. The number of carbonyl (C=O) groups is 1. The lowest BCUT2D eigenvalue weighted by Crippen LogP contribution is -2.36. The van der Waals surface area contributed by atoms with Gasteiger partial charge in [0.2, 0.25) is 6.79 Å². The molecule has 2 atom stereocenters. The Hall–Kier alpha value is -2.93. The Bertz CT molecular complexity index is 833. The van der Waals surface area contributed by atoms with Crippen molar-refractivity contribution < 1.29 is 33.2 Å². The van der Waals surface area contributed by atoms with Crippen molar-refractivity contribution >= 4 is 6.29 Å². The summed E-state index contributed by atoms with van der Waals surface area (Å²) in [5.41, 5.74) is 1.27. The summed E-state index contributed by atoms with van der Waals surface area (Å²) in [5, 5.41) is 0. The normalized spacial score (nSPS) is 19.9. The van der Waals surface area contributed by atoms with Crippen LogP contribution in [-0.4, -0.2) is 40.0 Å². The summed E-state index contributed by atoms with van der Waals surface area (Å²) >= 11 is 0. The summed E-state index contributed by atoms with van der Waals surface area (Å²) in [6.07, 6.45) is -0.0814. The first kappa shape index (κ1) is 16.5. The monoisotopic (exact) mass is 358 g/mol. The average molecular weight is 358 g/mol. The second-order valence-electron chi connectivity index (χ2n) is 5.92. The van der Waals surface area contributed by atoms with E-state index in [9.17, 15) is 4.79 Å². The number of benzene rings is 2. The fourth-order valence-electron chi connectivity index (χ4n) is 3.11. The highest BCUT2D eigenvalue weighted by Gasteiger charge is 2.35. The third-order valence-electron chi connectivity index (χ3n) is 4.35. The highest BCUT2D eigenvalue weighted by Crippen LogP contribution is 2.44. The van der Waals surface area contributed by atoms with Crippen LogP contribution in [0.25, 0.3) is 0 Å². The maximum absolute atomic E-state index is 11.2. The summed E-state index contributed by atoms with van der Waals surface area (Å²) in [6, 6.07) is 8.89. The Kier molecular flexibility index (Phi) is 4.30. The van der Waals surface area contributed by atoms with Gasteiger partial charge < -0.3 is 28.4 Å². The van der Waals surface area contributed by atoms with Crippen molar-refractivity contribution in [3.8, 4) is 28.7 Å². The smallest absolute Gasteiger partial charge is 0.231 e. The van der Waals surface area contributed by atoms with E-state index in [0.717, 1.165) is 11.8 Å². The highest BCUT2D eigenvalue weighted by molar-refractivity contribution is 5.81. The van der Waals surface area contributed by atoms with Gasteiger partial charge in [0, 0.05) is 18.7 Å². The molecule has 2 aromatic carbocycles. The molecule has 136 valence electrons. The standard InChI is InChI=1S/C19H18O7/c1-21-9-18-19(11-3-4-13-15(5-11)24-10-23-13)26-17-7-14(22-2)12(8-20)6-16(17)25-18/h3-8,18-19H,9-10H2,1-2H3/t18-,19-/m0/s1. The number of carbonyl (C=O) groups excluding carboxylic acids is 1. The van der Waals surface area contributed by atoms with Gasteiger partial charge in [-0.3, -0.25) is 4.79 Å². The van der Waals surface area contributed by atoms with E-state index in [1.54, 1.807) is 19.2 Å². The van der Waals surface area contributed by atoms with Crippen LogP contribution in [0.4, 0.5) is 0 Å². The molecule has 0 saturated heterocycles. The number of hydrogen-bond acceptors (Lipinski definition) is 7. The van der Waals surface area contributed by atoms with E-state index < -0.39 is 6.10 Å². The van der Waals surface area contributed by atoms with Crippen LogP contribution in [-0.2, 0) is 4.74 Å². The Balaban J connectivity index is 1.72. The molecule has 0 unspecified atom stereocenters. The fraction of sp³-hybridized carbons (Fsp3) is 0.316. The van der Waals surface area contributed by atoms with E-state index in [2.05, 4.69) is 0 Å². The Morgan fingerprint density at radius 3 is 2.62 bits per heavy atom. The number of aldehydes is 1. The topological polar surface area (TPSA) is 72.5 Å². The Morgan fingerprint density at radius 1 is 1.04 bits per heavy atom. The Morgan fingerprint density at radius 2 is 1.85 bits per heavy atom. The quantitative estimate of drug-likeness (QED) is 0.761. The van der Waals surface area contributed by atoms with Gasteiger partial charge in [-0.25, -0.2) is 0 Å². The van der Waals surface area contributed by atoms with Crippen LogP contribution in [0.1, 0.15) is 22.0 Å².